The summed E-state index contributed by atoms with van der Waals surface area (Å²) in [7, 11) is 1.70. The number of anilines is 1. The van der Waals surface area contributed by atoms with E-state index in [1.807, 2.05) is 13.8 Å². The second-order valence-corrected chi connectivity index (χ2v) is 9.43. The molecule has 0 saturated heterocycles. The highest BCUT2D eigenvalue weighted by Crippen LogP contribution is 2.62. The predicted molar refractivity (Wildman–Crippen MR) is 123 cm³/mol. The van der Waals surface area contributed by atoms with Gasteiger partial charge in [0.1, 0.15) is 11.5 Å². The van der Waals surface area contributed by atoms with Crippen LogP contribution in [0, 0.1) is 5.41 Å². The van der Waals surface area contributed by atoms with Gasteiger partial charge < -0.3 is 9.47 Å². The fourth-order valence-corrected chi connectivity index (χ4v) is 4.82. The van der Waals surface area contributed by atoms with E-state index in [0.29, 0.717) is 5.52 Å². The second-order valence-electron chi connectivity index (χ2n) is 9.43. The van der Waals surface area contributed by atoms with Crippen molar-refractivity contribution in [1.29, 1.82) is 0 Å². The number of fused-ring (bicyclic) bond motifs is 6. The molecule has 2 heterocycles. The second kappa shape index (κ2) is 5.06. The molecule has 2 aliphatic rings. The van der Waals surface area contributed by atoms with Gasteiger partial charge in [0.05, 0.1) is 16.5 Å². The minimum Gasteiger partial charge on any atom is -0.351 e. The Morgan fingerprint density at radius 3 is 2.31 bits per heavy atom. The number of rotatable bonds is 0. The summed E-state index contributed by atoms with van der Waals surface area (Å²) in [6.07, 6.45) is 0. The summed E-state index contributed by atoms with van der Waals surface area (Å²) in [5.74, 6) is 0.212. The van der Waals surface area contributed by atoms with E-state index in [-0.39, 0.29) is 45.8 Å². The van der Waals surface area contributed by atoms with Crippen LogP contribution in [-0.4, -0.2) is 16.6 Å². The van der Waals surface area contributed by atoms with Gasteiger partial charge in [-0.2, -0.15) is 0 Å². The van der Waals surface area contributed by atoms with Crippen LogP contribution in [0.25, 0.3) is 22.4 Å². The Hall–Kier alpha value is -2.29. The average molecular weight is 401 g/mol. The zero-order valence-electron chi connectivity index (χ0n) is 30.5. The number of benzene rings is 2. The molecule has 3 heteroatoms. The minimum absolute atomic E-state index is 0.129. The average Bonchev–Trinajstić information content (AvgIpc) is 3.27. The molecule has 0 bridgehead atoms. The van der Waals surface area contributed by atoms with E-state index in [0.717, 1.165) is 0 Å². The first-order valence-electron chi connectivity index (χ1n) is 16.2. The maximum Gasteiger partial charge on any atom is 0.145 e. The van der Waals surface area contributed by atoms with Crippen molar-refractivity contribution >= 4 is 16.7 Å². The van der Waals surface area contributed by atoms with Gasteiger partial charge in [-0.3, -0.25) is 0 Å². The summed E-state index contributed by atoms with van der Waals surface area (Å²) in [6, 6.07) is 1.63. The molecule has 0 amide bonds. The van der Waals surface area contributed by atoms with Gasteiger partial charge in [0.2, 0.25) is 0 Å². The Morgan fingerprint density at radius 2 is 1.62 bits per heavy atom. The highest BCUT2D eigenvalue weighted by Gasteiger charge is 2.57. The maximum atomic E-state index is 8.70. The zero-order valence-corrected chi connectivity index (χ0v) is 17.5. The lowest BCUT2D eigenvalue weighted by molar-refractivity contribution is 0.125. The van der Waals surface area contributed by atoms with Crippen LogP contribution in [0.1, 0.15) is 84.1 Å². The lowest BCUT2D eigenvalue weighted by Gasteiger charge is -2.45. The molecule has 5 rings (SSSR count). The molecule has 1 aliphatic carbocycles. The summed E-state index contributed by atoms with van der Waals surface area (Å²) in [5, 5.41) is 0. The standard InChI is InChI=1S/C26H33N3/c1-23(2)17-14-19-21(15-18(17)24(3,4)25(23,5)6)29-22(27-19)16-12-10-11-13-20(16)28(9)26(29,7)8/h10-15H,1-9H3/i1D3,2D3,5D3,10D,11D,12D,13D. The molecule has 0 saturated carbocycles. The summed E-state index contributed by atoms with van der Waals surface area (Å²) < 4.78 is 113. The highest BCUT2D eigenvalue weighted by atomic mass is 15.4. The Labute approximate surface area is 193 Å². The van der Waals surface area contributed by atoms with Gasteiger partial charge in [0, 0.05) is 30.6 Å². The van der Waals surface area contributed by atoms with Crippen molar-refractivity contribution in [2.24, 2.45) is 5.41 Å². The van der Waals surface area contributed by atoms with Crippen molar-refractivity contribution in [2.45, 2.75) is 71.7 Å². The third-order valence-corrected chi connectivity index (χ3v) is 7.47. The third kappa shape index (κ3) is 1.92. The number of hydrogen-bond acceptors (Lipinski definition) is 2. The fraction of sp³-hybridized carbons (Fsp3) is 0.500. The summed E-state index contributed by atoms with van der Waals surface area (Å²) in [4.78, 5) is 6.46. The Balaban J connectivity index is 2.02. The number of aromatic nitrogens is 2. The smallest absolute Gasteiger partial charge is 0.145 e. The number of imidazole rings is 1. The first kappa shape index (κ1) is 9.24. The lowest BCUT2D eigenvalue weighted by atomic mass is 9.59. The molecule has 2 aromatic carbocycles. The van der Waals surface area contributed by atoms with Gasteiger partial charge in [-0.15, -0.1) is 0 Å². The van der Waals surface area contributed by atoms with E-state index in [9.17, 15) is 0 Å². The van der Waals surface area contributed by atoms with Crippen molar-refractivity contribution in [3.8, 4) is 11.4 Å². The topological polar surface area (TPSA) is 21.1 Å². The van der Waals surface area contributed by atoms with Crippen molar-refractivity contribution in [1.82, 2.24) is 9.55 Å². The molecule has 1 unspecified atom stereocenters. The van der Waals surface area contributed by atoms with Crippen LogP contribution < -0.4 is 4.90 Å². The van der Waals surface area contributed by atoms with E-state index < -0.39 is 54.5 Å². The van der Waals surface area contributed by atoms with Crippen LogP contribution in [0.15, 0.2) is 36.3 Å². The third-order valence-electron chi connectivity index (χ3n) is 7.47. The fourth-order valence-electron chi connectivity index (χ4n) is 4.82. The van der Waals surface area contributed by atoms with Crippen molar-refractivity contribution in [2.75, 3.05) is 11.9 Å². The van der Waals surface area contributed by atoms with Gasteiger partial charge >= 0.3 is 0 Å². The predicted octanol–water partition coefficient (Wildman–Crippen LogP) is 6.44. The number of nitrogens with zero attached hydrogens (tertiary/aromatic N) is 3. The number of para-hydroxylation sites is 1. The molecule has 1 atom stereocenters. The van der Waals surface area contributed by atoms with Crippen LogP contribution >= 0.6 is 0 Å². The van der Waals surface area contributed by atoms with Crippen molar-refractivity contribution < 1.29 is 17.8 Å². The van der Waals surface area contributed by atoms with Crippen molar-refractivity contribution in [3.63, 3.8) is 0 Å². The highest BCUT2D eigenvalue weighted by molar-refractivity contribution is 5.89. The first-order valence-corrected chi connectivity index (χ1v) is 9.67. The molecule has 0 spiro atoms. The molecule has 0 radical (unpaired) electrons. The van der Waals surface area contributed by atoms with E-state index in [2.05, 4.69) is 0 Å². The quantitative estimate of drug-likeness (QED) is 0.433. The summed E-state index contributed by atoms with van der Waals surface area (Å²) in [5.41, 5.74) is -6.29. The summed E-state index contributed by atoms with van der Waals surface area (Å²) in [6.45, 7) is -1.47. The van der Waals surface area contributed by atoms with Gasteiger partial charge in [0.15, 0.2) is 0 Å². The Kier molecular flexibility index (Phi) is 1.61. The van der Waals surface area contributed by atoms with E-state index in [4.69, 9.17) is 22.8 Å². The van der Waals surface area contributed by atoms with Gasteiger partial charge in [-0.05, 0) is 65.4 Å². The van der Waals surface area contributed by atoms with Crippen LogP contribution in [-0.2, 0) is 16.5 Å². The van der Waals surface area contributed by atoms with Crippen LogP contribution in [0.5, 0.6) is 0 Å². The summed E-state index contributed by atoms with van der Waals surface area (Å²) >= 11 is 0. The Morgan fingerprint density at radius 1 is 0.931 bits per heavy atom. The van der Waals surface area contributed by atoms with Crippen LogP contribution in [0.2, 0.25) is 0 Å². The molecule has 29 heavy (non-hydrogen) atoms. The molecular weight excluding hydrogens is 354 g/mol. The zero-order chi connectivity index (χ0) is 32.1. The monoisotopic (exact) mass is 400 g/mol. The Bertz CT molecular complexity index is 1660. The molecule has 3 nitrogen and oxygen atoms in total. The van der Waals surface area contributed by atoms with E-state index in [1.54, 1.807) is 36.4 Å². The largest absolute Gasteiger partial charge is 0.351 e. The molecular formula is C26H33N3. The first-order chi connectivity index (χ1) is 18.7. The van der Waals surface area contributed by atoms with Gasteiger partial charge in [0.25, 0.3) is 0 Å². The van der Waals surface area contributed by atoms with Crippen LogP contribution in [0.4, 0.5) is 5.69 Å². The van der Waals surface area contributed by atoms with E-state index >= 15 is 0 Å². The lowest BCUT2D eigenvalue weighted by Crippen LogP contribution is -2.46. The van der Waals surface area contributed by atoms with Gasteiger partial charge in [-0.1, -0.05) is 53.4 Å². The minimum atomic E-state index is -3.26. The van der Waals surface area contributed by atoms with E-state index in [1.165, 1.54) is 13.0 Å². The van der Waals surface area contributed by atoms with Crippen molar-refractivity contribution in [3.05, 3.63) is 47.4 Å². The van der Waals surface area contributed by atoms with Crippen LogP contribution in [0.3, 0.4) is 0 Å². The normalized spacial score (nSPS) is 33.4. The molecule has 3 aromatic rings. The number of hydrogen-bond donors (Lipinski definition) is 0. The molecule has 1 aromatic heterocycles. The van der Waals surface area contributed by atoms with Gasteiger partial charge in [-0.25, -0.2) is 4.98 Å². The molecule has 1 aliphatic heterocycles. The molecule has 152 valence electrons. The molecule has 0 fully saturated rings. The SMILES string of the molecule is [2H]c1c([2H])c([2H])c2c(c1[2H])-c1nc3cc4c(cc3n1C(C)(C)N2C)C(C)(C)C(C)(C([2H])([2H])[2H])C4(C([2H])([2H])[2H])C([2H])([2H])[2H]. The molecule has 0 N–H and O–H groups in total. The maximum absolute atomic E-state index is 8.70.